The van der Waals surface area contributed by atoms with E-state index in [1.165, 1.54) is 5.56 Å². The normalized spacial score (nSPS) is 10.7. The zero-order valence-electron chi connectivity index (χ0n) is 14.6. The number of likely N-dealkylation sites (N-methyl/N-ethyl adjacent to an activating group) is 1. The second kappa shape index (κ2) is 8.96. The maximum Gasteiger partial charge on any atom is 0.270 e. The van der Waals surface area contributed by atoms with Crippen LogP contribution >= 0.6 is 0 Å². The molecule has 0 aromatic carbocycles. The molecule has 0 unspecified atom stereocenters. The second-order valence-electron chi connectivity index (χ2n) is 6.21. The summed E-state index contributed by atoms with van der Waals surface area (Å²) in [5.74, 6) is 0.966. The van der Waals surface area contributed by atoms with Crippen LogP contribution in [-0.4, -0.2) is 41.0 Å². The Morgan fingerprint density at radius 3 is 2.67 bits per heavy atom. The number of carbonyl (C=O) groups excluding carboxylic acids is 1. The summed E-state index contributed by atoms with van der Waals surface area (Å²) in [6.07, 6.45) is 7.02. The van der Waals surface area contributed by atoms with E-state index in [0.29, 0.717) is 24.1 Å². The highest BCUT2D eigenvalue weighted by Crippen LogP contribution is 2.08. The molecule has 6 heteroatoms. The molecule has 2 aromatic heterocycles. The van der Waals surface area contributed by atoms with Crippen molar-refractivity contribution >= 4 is 11.9 Å². The Bertz CT molecular complexity index is 645. The first-order chi connectivity index (χ1) is 11.6. The molecule has 0 bridgehead atoms. The van der Waals surface area contributed by atoms with Crippen molar-refractivity contribution in [1.82, 2.24) is 20.3 Å². The molecule has 0 spiro atoms. The molecule has 6 nitrogen and oxygen atoms in total. The summed E-state index contributed by atoms with van der Waals surface area (Å²) in [5, 5.41) is 2.90. The van der Waals surface area contributed by atoms with Crippen LogP contribution in [0, 0.1) is 5.92 Å². The predicted octanol–water partition coefficient (Wildman–Crippen LogP) is 2.33. The molecule has 0 fully saturated rings. The van der Waals surface area contributed by atoms with Crippen molar-refractivity contribution in [3.05, 3.63) is 48.0 Å². The Labute approximate surface area is 143 Å². The summed E-state index contributed by atoms with van der Waals surface area (Å²) in [6, 6.07) is 5.63. The third kappa shape index (κ3) is 5.61. The number of aromatic nitrogens is 3. The van der Waals surface area contributed by atoms with Gasteiger partial charge in [-0.2, -0.15) is 0 Å². The minimum atomic E-state index is -0.151. The van der Waals surface area contributed by atoms with Crippen LogP contribution in [0.3, 0.4) is 0 Å². The predicted molar refractivity (Wildman–Crippen MR) is 95.0 cm³/mol. The molecule has 24 heavy (non-hydrogen) atoms. The first kappa shape index (κ1) is 17.8. The molecular formula is C18H25N5O. The molecule has 1 N–H and O–H groups in total. The number of hydrogen-bond acceptors (Lipinski definition) is 5. The Hall–Kier alpha value is -2.50. The molecule has 0 saturated heterocycles. The van der Waals surface area contributed by atoms with Crippen molar-refractivity contribution in [2.45, 2.75) is 26.7 Å². The summed E-state index contributed by atoms with van der Waals surface area (Å²) in [4.78, 5) is 26.8. The quantitative estimate of drug-likeness (QED) is 0.806. The van der Waals surface area contributed by atoms with Crippen LogP contribution in [-0.2, 0) is 6.42 Å². The number of nitrogens with zero attached hydrogens (tertiary/aromatic N) is 4. The molecule has 0 radical (unpaired) electrons. The summed E-state index contributed by atoms with van der Waals surface area (Å²) in [6.45, 7) is 5.69. The maximum atomic E-state index is 12.2. The SMILES string of the molecule is CC(C)CCNC(=O)c1ccnc(N(C)CCc2ccncc2)n1. The molecule has 0 aliphatic rings. The van der Waals surface area contributed by atoms with Gasteiger partial charge in [0, 0.05) is 38.7 Å². The lowest BCUT2D eigenvalue weighted by atomic mass is 10.1. The monoisotopic (exact) mass is 327 g/mol. The van der Waals surface area contributed by atoms with Crippen LogP contribution < -0.4 is 10.2 Å². The summed E-state index contributed by atoms with van der Waals surface area (Å²) < 4.78 is 0. The molecule has 0 saturated carbocycles. The smallest absolute Gasteiger partial charge is 0.270 e. The van der Waals surface area contributed by atoms with Crippen molar-refractivity contribution in [2.75, 3.05) is 25.0 Å². The second-order valence-corrected chi connectivity index (χ2v) is 6.21. The van der Waals surface area contributed by atoms with Gasteiger partial charge in [0.1, 0.15) is 5.69 Å². The minimum Gasteiger partial charge on any atom is -0.351 e. The van der Waals surface area contributed by atoms with Gasteiger partial charge in [0.15, 0.2) is 0 Å². The molecule has 0 aliphatic carbocycles. The van der Waals surface area contributed by atoms with Crippen molar-refractivity contribution < 1.29 is 4.79 Å². The average molecular weight is 327 g/mol. The van der Waals surface area contributed by atoms with E-state index in [-0.39, 0.29) is 5.91 Å². The molecule has 2 aromatic rings. The fourth-order valence-corrected chi connectivity index (χ4v) is 2.17. The molecular weight excluding hydrogens is 302 g/mol. The fraction of sp³-hybridized carbons (Fsp3) is 0.444. The third-order valence-electron chi connectivity index (χ3n) is 3.71. The molecule has 1 amide bonds. The highest BCUT2D eigenvalue weighted by molar-refractivity contribution is 5.92. The van der Waals surface area contributed by atoms with E-state index < -0.39 is 0 Å². The number of pyridine rings is 1. The largest absolute Gasteiger partial charge is 0.351 e. The zero-order chi connectivity index (χ0) is 17.4. The maximum absolute atomic E-state index is 12.2. The van der Waals surface area contributed by atoms with E-state index in [1.807, 2.05) is 24.1 Å². The lowest BCUT2D eigenvalue weighted by molar-refractivity contribution is 0.0947. The van der Waals surface area contributed by atoms with Crippen LogP contribution in [0.15, 0.2) is 36.8 Å². The first-order valence-electron chi connectivity index (χ1n) is 8.27. The van der Waals surface area contributed by atoms with Crippen LogP contribution in [0.2, 0.25) is 0 Å². The van der Waals surface area contributed by atoms with Gasteiger partial charge in [-0.15, -0.1) is 0 Å². The fourth-order valence-electron chi connectivity index (χ4n) is 2.17. The number of carbonyl (C=O) groups is 1. The number of anilines is 1. The highest BCUT2D eigenvalue weighted by Gasteiger charge is 2.11. The van der Waals surface area contributed by atoms with Gasteiger partial charge in [-0.1, -0.05) is 13.8 Å². The van der Waals surface area contributed by atoms with Crippen LogP contribution in [0.25, 0.3) is 0 Å². The zero-order valence-corrected chi connectivity index (χ0v) is 14.6. The van der Waals surface area contributed by atoms with Crippen LogP contribution in [0.4, 0.5) is 5.95 Å². The van der Waals surface area contributed by atoms with E-state index in [9.17, 15) is 4.79 Å². The van der Waals surface area contributed by atoms with Gasteiger partial charge in [-0.25, -0.2) is 9.97 Å². The Balaban J connectivity index is 1.92. The van der Waals surface area contributed by atoms with E-state index in [1.54, 1.807) is 24.7 Å². The van der Waals surface area contributed by atoms with Gasteiger partial charge in [-0.05, 0) is 42.5 Å². The topological polar surface area (TPSA) is 71.0 Å². The first-order valence-corrected chi connectivity index (χ1v) is 8.27. The van der Waals surface area contributed by atoms with Crippen LogP contribution in [0.1, 0.15) is 36.3 Å². The van der Waals surface area contributed by atoms with Gasteiger partial charge in [0.2, 0.25) is 5.95 Å². The molecule has 128 valence electrons. The number of amides is 1. The van der Waals surface area contributed by atoms with Crippen molar-refractivity contribution in [3.8, 4) is 0 Å². The molecule has 0 atom stereocenters. The standard InChI is InChI=1S/C18H25N5O/c1-14(2)4-11-20-17(24)16-7-12-21-18(22-16)23(3)13-8-15-5-9-19-10-6-15/h5-7,9-10,12,14H,4,8,11,13H2,1-3H3,(H,20,24). The van der Waals surface area contributed by atoms with Crippen molar-refractivity contribution in [2.24, 2.45) is 5.92 Å². The number of hydrogen-bond donors (Lipinski definition) is 1. The van der Waals surface area contributed by atoms with E-state index in [2.05, 4.69) is 34.1 Å². The van der Waals surface area contributed by atoms with Gasteiger partial charge in [-0.3, -0.25) is 9.78 Å². The lowest BCUT2D eigenvalue weighted by Crippen LogP contribution is -2.28. The summed E-state index contributed by atoms with van der Waals surface area (Å²) >= 11 is 0. The Kier molecular flexibility index (Phi) is 6.66. The summed E-state index contributed by atoms with van der Waals surface area (Å²) in [7, 11) is 1.93. The number of nitrogens with one attached hydrogen (secondary N) is 1. The third-order valence-corrected chi connectivity index (χ3v) is 3.71. The Morgan fingerprint density at radius 2 is 1.96 bits per heavy atom. The van der Waals surface area contributed by atoms with Gasteiger partial charge in [0.05, 0.1) is 0 Å². The van der Waals surface area contributed by atoms with E-state index in [4.69, 9.17) is 0 Å². The molecule has 2 rings (SSSR count). The summed E-state index contributed by atoms with van der Waals surface area (Å²) in [5.41, 5.74) is 1.61. The average Bonchev–Trinajstić information content (AvgIpc) is 2.60. The van der Waals surface area contributed by atoms with Gasteiger partial charge >= 0.3 is 0 Å². The van der Waals surface area contributed by atoms with Crippen LogP contribution in [0.5, 0.6) is 0 Å². The molecule has 0 aliphatic heterocycles. The lowest BCUT2D eigenvalue weighted by Gasteiger charge is -2.17. The highest BCUT2D eigenvalue weighted by atomic mass is 16.1. The van der Waals surface area contributed by atoms with Crippen molar-refractivity contribution in [3.63, 3.8) is 0 Å². The Morgan fingerprint density at radius 1 is 1.21 bits per heavy atom. The van der Waals surface area contributed by atoms with Crippen molar-refractivity contribution in [1.29, 1.82) is 0 Å². The molecule has 2 heterocycles. The van der Waals surface area contributed by atoms with E-state index in [0.717, 1.165) is 19.4 Å². The van der Waals surface area contributed by atoms with Gasteiger partial charge < -0.3 is 10.2 Å². The number of rotatable bonds is 8. The van der Waals surface area contributed by atoms with E-state index >= 15 is 0 Å². The minimum absolute atomic E-state index is 0.151. The van der Waals surface area contributed by atoms with Gasteiger partial charge in [0.25, 0.3) is 5.91 Å².